The molecule has 21 heavy (non-hydrogen) atoms. The minimum absolute atomic E-state index is 0.0237. The molecule has 1 aromatic carbocycles. The van der Waals surface area contributed by atoms with Gasteiger partial charge in [-0.1, -0.05) is 25.5 Å². The Bertz CT molecular complexity index is 459. The topological polar surface area (TPSA) is 87.7 Å². The van der Waals surface area contributed by atoms with Crippen molar-refractivity contribution in [3.05, 3.63) is 35.4 Å². The SMILES string of the molecule is CCCC(CNC(=O)NCc1ccc(C(=O)O)cc1)OC. The molecule has 0 fully saturated rings. The van der Waals surface area contributed by atoms with E-state index >= 15 is 0 Å². The molecule has 2 amide bonds. The number of hydrogen-bond donors (Lipinski definition) is 3. The van der Waals surface area contributed by atoms with E-state index in [0.29, 0.717) is 13.1 Å². The van der Waals surface area contributed by atoms with Crippen molar-refractivity contribution < 1.29 is 19.4 Å². The van der Waals surface area contributed by atoms with Crippen molar-refractivity contribution in [2.24, 2.45) is 0 Å². The Morgan fingerprint density at radius 3 is 2.43 bits per heavy atom. The zero-order chi connectivity index (χ0) is 15.7. The van der Waals surface area contributed by atoms with Crippen LogP contribution in [0.2, 0.25) is 0 Å². The summed E-state index contributed by atoms with van der Waals surface area (Å²) >= 11 is 0. The zero-order valence-corrected chi connectivity index (χ0v) is 12.4. The fourth-order valence-corrected chi connectivity index (χ4v) is 1.84. The predicted octanol–water partition coefficient (Wildman–Crippen LogP) is 2.00. The average molecular weight is 294 g/mol. The smallest absolute Gasteiger partial charge is 0.335 e. The molecule has 1 atom stereocenters. The van der Waals surface area contributed by atoms with Crippen LogP contribution < -0.4 is 10.6 Å². The molecule has 3 N–H and O–H groups in total. The lowest BCUT2D eigenvalue weighted by molar-refractivity contribution is 0.0697. The van der Waals surface area contributed by atoms with Crippen LogP contribution in [0.15, 0.2) is 24.3 Å². The number of ether oxygens (including phenoxy) is 1. The molecule has 0 aliphatic rings. The fraction of sp³-hybridized carbons (Fsp3) is 0.467. The first kappa shape index (κ1) is 17.0. The third-order valence-electron chi connectivity index (χ3n) is 3.09. The Hall–Kier alpha value is -2.08. The van der Waals surface area contributed by atoms with Crippen molar-refractivity contribution in [2.75, 3.05) is 13.7 Å². The van der Waals surface area contributed by atoms with Crippen molar-refractivity contribution in [2.45, 2.75) is 32.4 Å². The van der Waals surface area contributed by atoms with Crippen LogP contribution in [0.3, 0.4) is 0 Å². The van der Waals surface area contributed by atoms with Crippen molar-refractivity contribution >= 4 is 12.0 Å². The second kappa shape index (κ2) is 8.97. The number of carboxylic acid groups (broad SMARTS) is 1. The summed E-state index contributed by atoms with van der Waals surface area (Å²) in [5, 5.41) is 14.3. The van der Waals surface area contributed by atoms with Crippen molar-refractivity contribution in [3.63, 3.8) is 0 Å². The first-order valence-corrected chi connectivity index (χ1v) is 6.93. The van der Waals surface area contributed by atoms with Crippen LogP contribution in [-0.2, 0) is 11.3 Å². The molecule has 0 aromatic heterocycles. The van der Waals surface area contributed by atoms with Crippen molar-refractivity contribution in [1.82, 2.24) is 10.6 Å². The van der Waals surface area contributed by atoms with E-state index in [1.807, 2.05) is 0 Å². The van der Waals surface area contributed by atoms with Crippen molar-refractivity contribution in [3.8, 4) is 0 Å². The van der Waals surface area contributed by atoms with E-state index in [2.05, 4.69) is 17.6 Å². The molecule has 1 rings (SSSR count). The molecular formula is C15H22N2O4. The molecular weight excluding hydrogens is 272 g/mol. The van der Waals surface area contributed by atoms with E-state index in [9.17, 15) is 9.59 Å². The molecule has 0 heterocycles. The van der Waals surface area contributed by atoms with Crippen LogP contribution in [0.4, 0.5) is 4.79 Å². The van der Waals surface area contributed by atoms with Gasteiger partial charge in [0.05, 0.1) is 11.7 Å². The average Bonchev–Trinajstić information content (AvgIpc) is 2.49. The van der Waals surface area contributed by atoms with Crippen LogP contribution in [0.25, 0.3) is 0 Å². The normalized spacial score (nSPS) is 11.7. The third-order valence-corrected chi connectivity index (χ3v) is 3.09. The fourth-order valence-electron chi connectivity index (χ4n) is 1.84. The quantitative estimate of drug-likeness (QED) is 0.684. The molecule has 0 bridgehead atoms. The van der Waals surface area contributed by atoms with Crippen LogP contribution >= 0.6 is 0 Å². The highest BCUT2D eigenvalue weighted by atomic mass is 16.5. The Balaban J connectivity index is 2.34. The summed E-state index contributed by atoms with van der Waals surface area (Å²) in [4.78, 5) is 22.4. The minimum atomic E-state index is -0.964. The van der Waals surface area contributed by atoms with E-state index in [1.54, 1.807) is 19.2 Å². The molecule has 0 radical (unpaired) electrons. The number of amides is 2. The van der Waals surface area contributed by atoms with Gasteiger partial charge in [0.1, 0.15) is 0 Å². The third kappa shape index (κ3) is 6.27. The first-order valence-electron chi connectivity index (χ1n) is 6.93. The van der Waals surface area contributed by atoms with Gasteiger partial charge in [-0.15, -0.1) is 0 Å². The molecule has 0 spiro atoms. The molecule has 1 unspecified atom stereocenters. The van der Waals surface area contributed by atoms with Gasteiger partial charge >= 0.3 is 12.0 Å². The highest BCUT2D eigenvalue weighted by molar-refractivity contribution is 5.87. The molecule has 116 valence electrons. The van der Waals surface area contributed by atoms with E-state index < -0.39 is 5.97 Å². The predicted molar refractivity (Wildman–Crippen MR) is 79.3 cm³/mol. The molecule has 6 heteroatoms. The van der Waals surface area contributed by atoms with Crippen LogP contribution in [0.5, 0.6) is 0 Å². The van der Waals surface area contributed by atoms with Gasteiger partial charge in [0, 0.05) is 20.2 Å². The number of rotatable bonds is 8. The van der Waals surface area contributed by atoms with E-state index in [4.69, 9.17) is 9.84 Å². The number of carbonyl (C=O) groups is 2. The number of urea groups is 1. The number of methoxy groups -OCH3 is 1. The maximum Gasteiger partial charge on any atom is 0.335 e. The maximum absolute atomic E-state index is 11.6. The Morgan fingerprint density at radius 1 is 1.24 bits per heavy atom. The molecule has 0 aliphatic carbocycles. The van der Waals surface area contributed by atoms with Crippen molar-refractivity contribution in [1.29, 1.82) is 0 Å². The van der Waals surface area contributed by atoms with Gasteiger partial charge < -0.3 is 20.5 Å². The summed E-state index contributed by atoms with van der Waals surface area (Å²) in [7, 11) is 1.63. The van der Waals surface area contributed by atoms with E-state index in [0.717, 1.165) is 18.4 Å². The summed E-state index contributed by atoms with van der Waals surface area (Å²) in [6.07, 6.45) is 1.92. The van der Waals surface area contributed by atoms with Gasteiger partial charge in [-0.3, -0.25) is 0 Å². The summed E-state index contributed by atoms with van der Waals surface area (Å²) in [6.45, 7) is 2.87. The van der Waals surface area contributed by atoms with Crippen LogP contribution in [0, 0.1) is 0 Å². The lowest BCUT2D eigenvalue weighted by Gasteiger charge is -2.15. The Labute approximate surface area is 124 Å². The molecule has 0 saturated heterocycles. The van der Waals surface area contributed by atoms with Gasteiger partial charge in [-0.2, -0.15) is 0 Å². The maximum atomic E-state index is 11.6. The largest absolute Gasteiger partial charge is 0.478 e. The summed E-state index contributed by atoms with van der Waals surface area (Å²) in [6, 6.07) is 6.12. The van der Waals surface area contributed by atoms with Gasteiger partial charge in [0.15, 0.2) is 0 Å². The minimum Gasteiger partial charge on any atom is -0.478 e. The molecule has 1 aromatic rings. The monoisotopic (exact) mass is 294 g/mol. The second-order valence-electron chi connectivity index (χ2n) is 4.71. The highest BCUT2D eigenvalue weighted by Crippen LogP contribution is 2.04. The standard InChI is InChI=1S/C15H22N2O4/c1-3-4-13(21-2)10-17-15(20)16-9-11-5-7-12(8-6-11)14(18)19/h5-8,13H,3-4,9-10H2,1-2H3,(H,18,19)(H2,16,17,20). The Kier molecular flexibility index (Phi) is 7.25. The number of hydrogen-bond acceptors (Lipinski definition) is 3. The number of aromatic carboxylic acids is 1. The first-order chi connectivity index (χ1) is 10.1. The van der Waals surface area contributed by atoms with Gasteiger partial charge in [0.2, 0.25) is 0 Å². The van der Waals surface area contributed by atoms with Gasteiger partial charge in [-0.05, 0) is 24.1 Å². The number of nitrogens with one attached hydrogen (secondary N) is 2. The van der Waals surface area contributed by atoms with Crippen LogP contribution in [0.1, 0.15) is 35.7 Å². The summed E-state index contributed by atoms with van der Waals surface area (Å²) in [5.41, 5.74) is 1.07. The zero-order valence-electron chi connectivity index (χ0n) is 12.4. The molecule has 6 nitrogen and oxygen atoms in total. The summed E-state index contributed by atoms with van der Waals surface area (Å²) in [5.74, 6) is -0.964. The molecule has 0 saturated carbocycles. The highest BCUT2D eigenvalue weighted by Gasteiger charge is 2.08. The lowest BCUT2D eigenvalue weighted by atomic mass is 10.1. The van der Waals surface area contributed by atoms with Gasteiger partial charge in [0.25, 0.3) is 0 Å². The number of carboxylic acids is 1. The van der Waals surface area contributed by atoms with E-state index in [-0.39, 0.29) is 17.7 Å². The van der Waals surface area contributed by atoms with Gasteiger partial charge in [-0.25, -0.2) is 9.59 Å². The second-order valence-corrected chi connectivity index (χ2v) is 4.71. The van der Waals surface area contributed by atoms with E-state index in [1.165, 1.54) is 12.1 Å². The lowest BCUT2D eigenvalue weighted by Crippen LogP contribution is -2.39. The number of benzene rings is 1. The van der Waals surface area contributed by atoms with Crippen LogP contribution in [-0.4, -0.2) is 36.9 Å². The molecule has 0 aliphatic heterocycles. The summed E-state index contributed by atoms with van der Waals surface area (Å²) < 4.78 is 5.24. The number of carbonyl (C=O) groups excluding carboxylic acids is 1. The Morgan fingerprint density at radius 2 is 1.90 bits per heavy atom.